The topological polar surface area (TPSA) is 84.7 Å². The van der Waals surface area contributed by atoms with E-state index in [1.807, 2.05) is 6.07 Å². The van der Waals surface area contributed by atoms with E-state index in [1.165, 1.54) is 4.90 Å². The third-order valence-electron chi connectivity index (χ3n) is 3.49. The first-order chi connectivity index (χ1) is 10.6. The Kier molecular flexibility index (Phi) is 3.88. The van der Waals surface area contributed by atoms with Crippen molar-refractivity contribution in [3.05, 3.63) is 48.3 Å². The predicted octanol–water partition coefficient (Wildman–Crippen LogP) is 0.798. The Hall–Kier alpha value is -2.67. The first-order valence-corrected chi connectivity index (χ1v) is 6.89. The second-order valence-electron chi connectivity index (χ2n) is 4.95. The average Bonchev–Trinajstić information content (AvgIpc) is 3.09. The summed E-state index contributed by atoms with van der Waals surface area (Å²) in [5.74, 6) is -1.26. The highest BCUT2D eigenvalue weighted by Gasteiger charge is 2.29. The first-order valence-electron chi connectivity index (χ1n) is 6.89. The molecule has 1 N–H and O–H groups in total. The van der Waals surface area contributed by atoms with Crippen LogP contribution < -0.4 is 0 Å². The Morgan fingerprint density at radius 2 is 2.18 bits per heavy atom. The largest absolute Gasteiger partial charge is 0.479 e. The number of aliphatic carboxylic acids is 1. The molecule has 2 heterocycles. The number of carbonyl (C=O) groups is 2. The van der Waals surface area contributed by atoms with Gasteiger partial charge in [0.25, 0.3) is 5.91 Å². The molecule has 1 aliphatic rings. The van der Waals surface area contributed by atoms with E-state index < -0.39 is 12.1 Å². The van der Waals surface area contributed by atoms with Crippen molar-refractivity contribution < 1.29 is 19.4 Å². The van der Waals surface area contributed by atoms with Crippen LogP contribution in [0.3, 0.4) is 0 Å². The lowest BCUT2D eigenvalue weighted by atomic mass is 10.1. The van der Waals surface area contributed by atoms with Gasteiger partial charge in [0, 0.05) is 24.5 Å². The fourth-order valence-electron chi connectivity index (χ4n) is 2.37. The molecule has 0 radical (unpaired) electrons. The lowest BCUT2D eigenvalue weighted by Gasteiger charge is -2.31. The number of amides is 1. The number of benzene rings is 1. The minimum atomic E-state index is -1.05. The summed E-state index contributed by atoms with van der Waals surface area (Å²) in [5.41, 5.74) is 1.28. The molecule has 1 aromatic carbocycles. The number of carbonyl (C=O) groups excluding carboxylic acids is 1. The highest BCUT2D eigenvalue weighted by atomic mass is 16.5. The Morgan fingerprint density at radius 3 is 2.91 bits per heavy atom. The molecule has 3 rings (SSSR count). The van der Waals surface area contributed by atoms with Crippen LogP contribution in [0.4, 0.5) is 0 Å². The van der Waals surface area contributed by atoms with Crippen LogP contribution in [0.25, 0.3) is 5.69 Å². The highest BCUT2D eigenvalue weighted by Crippen LogP contribution is 2.14. The van der Waals surface area contributed by atoms with Gasteiger partial charge in [0.15, 0.2) is 6.10 Å². The molecule has 114 valence electrons. The Balaban J connectivity index is 1.80. The summed E-state index contributed by atoms with van der Waals surface area (Å²) < 4.78 is 6.79. The summed E-state index contributed by atoms with van der Waals surface area (Å²) in [6.45, 7) is 0.663. The molecule has 1 amide bonds. The minimum Gasteiger partial charge on any atom is -0.479 e. The highest BCUT2D eigenvalue weighted by molar-refractivity contribution is 5.95. The second-order valence-corrected chi connectivity index (χ2v) is 4.95. The smallest absolute Gasteiger partial charge is 0.334 e. The Labute approximate surface area is 126 Å². The van der Waals surface area contributed by atoms with Crippen LogP contribution in [0.15, 0.2) is 42.7 Å². The van der Waals surface area contributed by atoms with Crippen molar-refractivity contribution in [2.24, 2.45) is 0 Å². The molecule has 1 aromatic heterocycles. The molecule has 0 unspecified atom stereocenters. The number of ether oxygens (including phenoxy) is 1. The molecule has 22 heavy (non-hydrogen) atoms. The summed E-state index contributed by atoms with van der Waals surface area (Å²) in [7, 11) is 0. The van der Waals surface area contributed by atoms with Gasteiger partial charge in [-0.2, -0.15) is 5.10 Å². The Bertz CT molecular complexity index is 684. The molecule has 1 atom stereocenters. The van der Waals surface area contributed by atoms with Gasteiger partial charge in [-0.25, -0.2) is 9.48 Å². The molecule has 1 fully saturated rings. The normalized spacial score (nSPS) is 18.2. The number of carboxylic acids is 1. The summed E-state index contributed by atoms with van der Waals surface area (Å²) in [6, 6.07) is 8.87. The molecule has 0 saturated carbocycles. The maximum absolute atomic E-state index is 12.5. The molecule has 7 heteroatoms. The number of nitrogens with zero attached hydrogens (tertiary/aromatic N) is 3. The molecule has 1 aliphatic heterocycles. The van der Waals surface area contributed by atoms with E-state index in [0.29, 0.717) is 12.1 Å². The standard InChI is InChI=1S/C15H15N3O4/c19-14(17-7-8-22-13(10-17)15(20)21)11-3-1-4-12(9-11)18-6-2-5-16-18/h1-6,9,13H,7-8,10H2,(H,20,21)/t13-/m0/s1. The van der Waals surface area contributed by atoms with E-state index in [9.17, 15) is 9.59 Å². The third-order valence-corrected chi connectivity index (χ3v) is 3.49. The van der Waals surface area contributed by atoms with E-state index in [4.69, 9.17) is 9.84 Å². The van der Waals surface area contributed by atoms with Gasteiger partial charge in [0.05, 0.1) is 18.8 Å². The number of hydrogen-bond donors (Lipinski definition) is 1. The van der Waals surface area contributed by atoms with E-state index in [1.54, 1.807) is 41.3 Å². The molecule has 0 bridgehead atoms. The van der Waals surface area contributed by atoms with Crippen molar-refractivity contribution in [3.63, 3.8) is 0 Å². The van der Waals surface area contributed by atoms with E-state index >= 15 is 0 Å². The summed E-state index contributed by atoms with van der Waals surface area (Å²) in [5, 5.41) is 13.1. The quantitative estimate of drug-likeness (QED) is 0.906. The minimum absolute atomic E-state index is 0.0557. The van der Waals surface area contributed by atoms with Crippen LogP contribution in [-0.4, -0.2) is 57.5 Å². The van der Waals surface area contributed by atoms with Gasteiger partial charge in [-0.05, 0) is 24.3 Å². The van der Waals surface area contributed by atoms with E-state index in [0.717, 1.165) is 5.69 Å². The van der Waals surface area contributed by atoms with Crippen molar-refractivity contribution in [2.75, 3.05) is 19.7 Å². The molecular formula is C15H15N3O4. The van der Waals surface area contributed by atoms with E-state index in [-0.39, 0.29) is 19.1 Å². The van der Waals surface area contributed by atoms with Gasteiger partial charge in [-0.15, -0.1) is 0 Å². The van der Waals surface area contributed by atoms with Crippen LogP contribution in [0, 0.1) is 0 Å². The SMILES string of the molecule is O=C(O)[C@@H]1CN(C(=O)c2cccc(-n3cccn3)c2)CCO1. The molecular weight excluding hydrogens is 286 g/mol. The fourth-order valence-corrected chi connectivity index (χ4v) is 2.37. The van der Waals surface area contributed by atoms with Gasteiger partial charge < -0.3 is 14.7 Å². The third kappa shape index (κ3) is 2.84. The van der Waals surface area contributed by atoms with Crippen molar-refractivity contribution in [1.29, 1.82) is 0 Å². The molecule has 2 aromatic rings. The Morgan fingerprint density at radius 1 is 1.32 bits per heavy atom. The van der Waals surface area contributed by atoms with Crippen LogP contribution in [-0.2, 0) is 9.53 Å². The number of morpholine rings is 1. The maximum atomic E-state index is 12.5. The zero-order chi connectivity index (χ0) is 15.5. The summed E-state index contributed by atoms with van der Waals surface area (Å²) >= 11 is 0. The van der Waals surface area contributed by atoms with Gasteiger partial charge in [-0.1, -0.05) is 6.07 Å². The molecule has 7 nitrogen and oxygen atoms in total. The number of aromatic nitrogens is 2. The number of rotatable bonds is 3. The van der Waals surface area contributed by atoms with Crippen LogP contribution in [0.1, 0.15) is 10.4 Å². The van der Waals surface area contributed by atoms with E-state index in [2.05, 4.69) is 5.10 Å². The molecule has 0 aliphatic carbocycles. The first kappa shape index (κ1) is 14.3. The van der Waals surface area contributed by atoms with Crippen LogP contribution in [0.5, 0.6) is 0 Å². The van der Waals surface area contributed by atoms with Crippen LogP contribution in [0.2, 0.25) is 0 Å². The van der Waals surface area contributed by atoms with Gasteiger partial charge in [-0.3, -0.25) is 4.79 Å². The lowest BCUT2D eigenvalue weighted by molar-refractivity contribution is -0.154. The number of carboxylic acid groups (broad SMARTS) is 1. The maximum Gasteiger partial charge on any atom is 0.334 e. The van der Waals surface area contributed by atoms with Gasteiger partial charge in [0.2, 0.25) is 0 Å². The van der Waals surface area contributed by atoms with Crippen molar-refractivity contribution >= 4 is 11.9 Å². The monoisotopic (exact) mass is 301 g/mol. The van der Waals surface area contributed by atoms with Gasteiger partial charge >= 0.3 is 5.97 Å². The zero-order valence-electron chi connectivity index (χ0n) is 11.8. The van der Waals surface area contributed by atoms with Crippen LogP contribution >= 0.6 is 0 Å². The molecule has 0 spiro atoms. The van der Waals surface area contributed by atoms with Gasteiger partial charge in [0.1, 0.15) is 0 Å². The van der Waals surface area contributed by atoms with Crippen molar-refractivity contribution in [3.8, 4) is 5.69 Å². The number of hydrogen-bond acceptors (Lipinski definition) is 4. The van der Waals surface area contributed by atoms with Crippen molar-refractivity contribution in [2.45, 2.75) is 6.10 Å². The average molecular weight is 301 g/mol. The lowest BCUT2D eigenvalue weighted by Crippen LogP contribution is -2.48. The second kappa shape index (κ2) is 5.98. The summed E-state index contributed by atoms with van der Waals surface area (Å²) in [4.78, 5) is 25.0. The zero-order valence-corrected chi connectivity index (χ0v) is 11.8. The predicted molar refractivity (Wildman–Crippen MR) is 76.8 cm³/mol. The summed E-state index contributed by atoms with van der Waals surface area (Å²) in [6.07, 6.45) is 2.49. The fraction of sp³-hybridized carbons (Fsp3) is 0.267. The molecule has 1 saturated heterocycles. The van der Waals surface area contributed by atoms with Crippen molar-refractivity contribution in [1.82, 2.24) is 14.7 Å².